The van der Waals surface area contributed by atoms with Crippen LogP contribution in [0.2, 0.25) is 0 Å². The van der Waals surface area contributed by atoms with Crippen molar-refractivity contribution in [1.29, 1.82) is 0 Å². The van der Waals surface area contributed by atoms with Gasteiger partial charge in [-0.25, -0.2) is 4.98 Å². The number of rotatable bonds is 3. The van der Waals surface area contributed by atoms with Crippen LogP contribution in [0, 0.1) is 6.92 Å². The van der Waals surface area contributed by atoms with Crippen LogP contribution in [0.15, 0.2) is 24.3 Å². The van der Waals surface area contributed by atoms with E-state index < -0.39 is 0 Å². The van der Waals surface area contributed by atoms with Gasteiger partial charge in [-0.15, -0.1) is 0 Å². The minimum absolute atomic E-state index is 0.838. The molecule has 0 bridgehead atoms. The SMILES string of the molecule is Cc1nsc(N2CCN(Cc3cccc(N)c3)CC2)n1. The standard InChI is InChI=1S/C14H19N5S/c1-11-16-14(20-17-11)19-7-5-18(6-8-19)10-12-3-2-4-13(15)9-12/h2-4,9H,5-8,10,15H2,1H3. The number of nitrogens with two attached hydrogens (primary N) is 1. The second-order valence-electron chi connectivity index (χ2n) is 5.13. The third-order valence-corrected chi connectivity index (χ3v) is 4.39. The Morgan fingerprint density at radius 3 is 2.70 bits per heavy atom. The molecule has 20 heavy (non-hydrogen) atoms. The van der Waals surface area contributed by atoms with Gasteiger partial charge >= 0.3 is 0 Å². The van der Waals surface area contributed by atoms with E-state index >= 15 is 0 Å². The fraction of sp³-hybridized carbons (Fsp3) is 0.429. The molecule has 5 nitrogen and oxygen atoms in total. The van der Waals surface area contributed by atoms with Crippen molar-refractivity contribution in [2.45, 2.75) is 13.5 Å². The average molecular weight is 289 g/mol. The Labute approximate surface area is 123 Å². The van der Waals surface area contributed by atoms with Crippen molar-refractivity contribution >= 4 is 22.4 Å². The molecule has 1 aliphatic heterocycles. The van der Waals surface area contributed by atoms with Crippen molar-refractivity contribution in [2.24, 2.45) is 0 Å². The highest BCUT2D eigenvalue weighted by Gasteiger charge is 2.19. The van der Waals surface area contributed by atoms with E-state index in [2.05, 4.69) is 31.3 Å². The normalized spacial score (nSPS) is 16.6. The van der Waals surface area contributed by atoms with Crippen LogP contribution in [0.3, 0.4) is 0 Å². The molecule has 1 saturated heterocycles. The summed E-state index contributed by atoms with van der Waals surface area (Å²) in [6.45, 7) is 7.03. The van der Waals surface area contributed by atoms with Crippen molar-refractivity contribution in [3.8, 4) is 0 Å². The molecule has 0 saturated carbocycles. The van der Waals surface area contributed by atoms with E-state index in [9.17, 15) is 0 Å². The molecule has 2 aromatic rings. The van der Waals surface area contributed by atoms with Gasteiger partial charge in [-0.2, -0.15) is 4.37 Å². The lowest BCUT2D eigenvalue weighted by molar-refractivity contribution is 0.250. The van der Waals surface area contributed by atoms with E-state index in [-0.39, 0.29) is 0 Å². The molecular weight excluding hydrogens is 270 g/mol. The van der Waals surface area contributed by atoms with Gasteiger partial charge < -0.3 is 10.6 Å². The van der Waals surface area contributed by atoms with Gasteiger partial charge in [0.2, 0.25) is 5.13 Å². The molecule has 1 aromatic carbocycles. The van der Waals surface area contributed by atoms with Gasteiger partial charge in [-0.05, 0) is 24.6 Å². The number of nitrogen functional groups attached to an aromatic ring is 1. The lowest BCUT2D eigenvalue weighted by Crippen LogP contribution is -2.45. The largest absolute Gasteiger partial charge is 0.399 e. The third kappa shape index (κ3) is 3.08. The van der Waals surface area contributed by atoms with Crippen LogP contribution in [-0.4, -0.2) is 40.4 Å². The summed E-state index contributed by atoms with van der Waals surface area (Å²) >= 11 is 1.49. The van der Waals surface area contributed by atoms with E-state index in [1.54, 1.807) is 0 Å². The second kappa shape index (κ2) is 5.76. The smallest absolute Gasteiger partial charge is 0.205 e. The van der Waals surface area contributed by atoms with Crippen molar-refractivity contribution in [3.63, 3.8) is 0 Å². The summed E-state index contributed by atoms with van der Waals surface area (Å²) in [4.78, 5) is 9.23. The van der Waals surface area contributed by atoms with Crippen LogP contribution < -0.4 is 10.6 Å². The molecule has 1 aromatic heterocycles. The number of piperazine rings is 1. The maximum Gasteiger partial charge on any atom is 0.205 e. The number of aromatic nitrogens is 2. The molecule has 0 amide bonds. The Morgan fingerprint density at radius 2 is 2.05 bits per heavy atom. The average Bonchev–Trinajstić information content (AvgIpc) is 2.86. The summed E-state index contributed by atoms with van der Waals surface area (Å²) in [6.07, 6.45) is 0. The lowest BCUT2D eigenvalue weighted by atomic mass is 10.2. The predicted octanol–water partition coefficient (Wildman–Crippen LogP) is 1.75. The monoisotopic (exact) mass is 289 g/mol. The Balaban J connectivity index is 1.56. The highest BCUT2D eigenvalue weighted by molar-refractivity contribution is 7.09. The van der Waals surface area contributed by atoms with Crippen LogP contribution in [0.1, 0.15) is 11.4 Å². The first kappa shape index (κ1) is 13.3. The topological polar surface area (TPSA) is 58.3 Å². The summed E-state index contributed by atoms with van der Waals surface area (Å²) in [7, 11) is 0. The van der Waals surface area contributed by atoms with Gasteiger partial charge in [-0.1, -0.05) is 12.1 Å². The van der Waals surface area contributed by atoms with Crippen LogP contribution in [-0.2, 0) is 6.54 Å². The summed E-state index contributed by atoms with van der Waals surface area (Å²) in [5.41, 5.74) is 7.94. The number of hydrogen-bond acceptors (Lipinski definition) is 6. The van der Waals surface area contributed by atoms with Gasteiger partial charge in [-0.3, -0.25) is 4.90 Å². The number of nitrogens with zero attached hydrogens (tertiary/aromatic N) is 4. The van der Waals surface area contributed by atoms with Gasteiger partial charge in [0.1, 0.15) is 5.82 Å². The maximum absolute atomic E-state index is 5.82. The zero-order chi connectivity index (χ0) is 13.9. The minimum atomic E-state index is 0.838. The van der Waals surface area contributed by atoms with Gasteiger partial charge in [0.25, 0.3) is 0 Å². The highest BCUT2D eigenvalue weighted by atomic mass is 32.1. The second-order valence-corrected chi connectivity index (χ2v) is 5.86. The summed E-state index contributed by atoms with van der Waals surface area (Å²) in [5, 5.41) is 1.05. The zero-order valence-corrected chi connectivity index (χ0v) is 12.4. The first-order chi connectivity index (χ1) is 9.70. The molecule has 2 heterocycles. The quantitative estimate of drug-likeness (QED) is 0.872. The number of anilines is 2. The molecule has 0 radical (unpaired) electrons. The van der Waals surface area contributed by atoms with E-state index in [0.717, 1.165) is 49.4 Å². The van der Waals surface area contributed by atoms with Gasteiger partial charge in [0, 0.05) is 49.9 Å². The number of benzene rings is 1. The van der Waals surface area contributed by atoms with E-state index in [4.69, 9.17) is 5.73 Å². The zero-order valence-electron chi connectivity index (χ0n) is 11.6. The maximum atomic E-state index is 5.82. The van der Waals surface area contributed by atoms with E-state index in [1.165, 1.54) is 17.1 Å². The first-order valence-electron chi connectivity index (χ1n) is 6.83. The minimum Gasteiger partial charge on any atom is -0.399 e. The molecule has 1 fully saturated rings. The summed E-state index contributed by atoms with van der Waals surface area (Å²) < 4.78 is 4.25. The van der Waals surface area contributed by atoms with E-state index in [1.807, 2.05) is 19.1 Å². The Bertz CT molecular complexity index is 574. The van der Waals surface area contributed by atoms with Gasteiger partial charge in [0.15, 0.2) is 0 Å². The Morgan fingerprint density at radius 1 is 1.25 bits per heavy atom. The third-order valence-electron chi connectivity index (χ3n) is 3.52. The van der Waals surface area contributed by atoms with Crippen LogP contribution in [0.4, 0.5) is 10.8 Å². The summed E-state index contributed by atoms with van der Waals surface area (Å²) in [5.74, 6) is 0.868. The molecule has 0 spiro atoms. The van der Waals surface area contributed by atoms with Crippen molar-refractivity contribution in [3.05, 3.63) is 35.7 Å². The van der Waals surface area contributed by atoms with Crippen LogP contribution in [0.25, 0.3) is 0 Å². The first-order valence-corrected chi connectivity index (χ1v) is 7.60. The van der Waals surface area contributed by atoms with Crippen LogP contribution in [0.5, 0.6) is 0 Å². The molecule has 6 heteroatoms. The fourth-order valence-electron chi connectivity index (χ4n) is 2.46. The van der Waals surface area contributed by atoms with Crippen molar-refractivity contribution in [1.82, 2.24) is 14.3 Å². The van der Waals surface area contributed by atoms with Crippen molar-refractivity contribution < 1.29 is 0 Å². The predicted molar refractivity (Wildman–Crippen MR) is 83.0 cm³/mol. The van der Waals surface area contributed by atoms with Crippen LogP contribution >= 0.6 is 11.5 Å². The molecular formula is C14H19N5S. The Kier molecular flexibility index (Phi) is 3.84. The fourth-order valence-corrected chi connectivity index (χ4v) is 3.19. The van der Waals surface area contributed by atoms with E-state index in [0.29, 0.717) is 0 Å². The van der Waals surface area contributed by atoms with Gasteiger partial charge in [0.05, 0.1) is 0 Å². The van der Waals surface area contributed by atoms with Crippen molar-refractivity contribution in [2.75, 3.05) is 36.8 Å². The molecule has 0 aliphatic carbocycles. The summed E-state index contributed by atoms with van der Waals surface area (Å²) in [6, 6.07) is 8.14. The molecule has 106 valence electrons. The molecule has 0 atom stereocenters. The number of hydrogen-bond donors (Lipinski definition) is 1. The molecule has 0 unspecified atom stereocenters. The highest BCUT2D eigenvalue weighted by Crippen LogP contribution is 2.19. The Hall–Kier alpha value is -1.66. The molecule has 3 rings (SSSR count). The molecule has 1 aliphatic rings. The lowest BCUT2D eigenvalue weighted by Gasteiger charge is -2.34. The molecule has 2 N–H and O–H groups in total. The number of aryl methyl sites for hydroxylation is 1.